The van der Waals surface area contributed by atoms with Crippen molar-refractivity contribution in [1.82, 2.24) is 14.3 Å². The summed E-state index contributed by atoms with van der Waals surface area (Å²) in [5, 5.41) is 4.95. The number of aromatic nitrogens is 3. The van der Waals surface area contributed by atoms with E-state index in [1.165, 1.54) is 0 Å². The van der Waals surface area contributed by atoms with Gasteiger partial charge < -0.3 is 4.57 Å². The molecular formula is C14H16ClN3O. The second kappa shape index (κ2) is 4.53. The van der Waals surface area contributed by atoms with Gasteiger partial charge in [-0.05, 0) is 25.8 Å². The molecule has 0 saturated heterocycles. The van der Waals surface area contributed by atoms with E-state index in [1.807, 2.05) is 37.0 Å². The van der Waals surface area contributed by atoms with Crippen molar-refractivity contribution >= 4 is 17.4 Å². The first-order chi connectivity index (χ1) is 9.06. The SMILES string of the molecule is Cc1nn(C)c(Cl)c1Cn1ccc(C(=O)C2CC2)c1. The van der Waals surface area contributed by atoms with Crippen LogP contribution in [-0.2, 0) is 13.6 Å². The van der Waals surface area contributed by atoms with Crippen LogP contribution in [0.5, 0.6) is 0 Å². The first-order valence-electron chi connectivity index (χ1n) is 6.44. The van der Waals surface area contributed by atoms with Crippen LogP contribution in [0.4, 0.5) is 0 Å². The van der Waals surface area contributed by atoms with Gasteiger partial charge in [0.1, 0.15) is 5.15 Å². The Morgan fingerprint density at radius 3 is 2.84 bits per heavy atom. The van der Waals surface area contributed by atoms with Crippen molar-refractivity contribution in [2.75, 3.05) is 0 Å². The normalized spacial score (nSPS) is 14.9. The van der Waals surface area contributed by atoms with E-state index in [-0.39, 0.29) is 11.7 Å². The van der Waals surface area contributed by atoms with Crippen molar-refractivity contribution in [1.29, 1.82) is 0 Å². The molecule has 1 saturated carbocycles. The van der Waals surface area contributed by atoms with Crippen LogP contribution in [0.1, 0.15) is 34.5 Å². The zero-order chi connectivity index (χ0) is 13.6. The summed E-state index contributed by atoms with van der Waals surface area (Å²) < 4.78 is 3.66. The number of aryl methyl sites for hydroxylation is 2. The maximum absolute atomic E-state index is 12.0. The molecule has 3 rings (SSSR count). The second-order valence-electron chi connectivity index (χ2n) is 5.19. The van der Waals surface area contributed by atoms with Gasteiger partial charge in [0.15, 0.2) is 5.78 Å². The minimum Gasteiger partial charge on any atom is -0.349 e. The van der Waals surface area contributed by atoms with Gasteiger partial charge in [0.05, 0.1) is 12.2 Å². The number of ketones is 1. The molecule has 4 nitrogen and oxygen atoms in total. The van der Waals surface area contributed by atoms with E-state index in [4.69, 9.17) is 11.6 Å². The fourth-order valence-corrected chi connectivity index (χ4v) is 2.54. The van der Waals surface area contributed by atoms with E-state index in [1.54, 1.807) is 4.68 Å². The van der Waals surface area contributed by atoms with Crippen LogP contribution in [0.15, 0.2) is 18.5 Å². The molecule has 0 radical (unpaired) electrons. The van der Waals surface area contributed by atoms with Crippen molar-refractivity contribution in [3.8, 4) is 0 Å². The molecular weight excluding hydrogens is 262 g/mol. The standard InChI is InChI=1S/C14H16ClN3O/c1-9-12(14(15)17(2)16-9)8-18-6-5-11(7-18)13(19)10-3-4-10/h5-7,10H,3-4,8H2,1-2H3. The molecule has 0 aliphatic heterocycles. The van der Waals surface area contributed by atoms with Gasteiger partial charge in [-0.25, -0.2) is 0 Å². The van der Waals surface area contributed by atoms with E-state index in [0.717, 1.165) is 29.7 Å². The molecule has 0 aromatic carbocycles. The smallest absolute Gasteiger partial charge is 0.167 e. The van der Waals surface area contributed by atoms with Crippen molar-refractivity contribution in [2.24, 2.45) is 13.0 Å². The fraction of sp³-hybridized carbons (Fsp3) is 0.429. The van der Waals surface area contributed by atoms with Gasteiger partial charge in [-0.1, -0.05) is 11.6 Å². The number of rotatable bonds is 4. The molecule has 1 aliphatic carbocycles. The lowest BCUT2D eigenvalue weighted by Crippen LogP contribution is -2.01. The predicted molar refractivity (Wildman–Crippen MR) is 73.5 cm³/mol. The summed E-state index contributed by atoms with van der Waals surface area (Å²) >= 11 is 6.21. The largest absolute Gasteiger partial charge is 0.349 e. The van der Waals surface area contributed by atoms with Gasteiger partial charge in [-0.15, -0.1) is 0 Å². The average molecular weight is 278 g/mol. The zero-order valence-corrected chi connectivity index (χ0v) is 11.8. The number of halogens is 1. The number of nitrogens with zero attached hydrogens (tertiary/aromatic N) is 3. The minimum atomic E-state index is 0.263. The highest BCUT2D eigenvalue weighted by Crippen LogP contribution is 2.32. The molecule has 0 bridgehead atoms. The molecule has 2 aromatic rings. The van der Waals surface area contributed by atoms with E-state index in [0.29, 0.717) is 11.7 Å². The van der Waals surface area contributed by atoms with Gasteiger partial charge in [-0.3, -0.25) is 9.48 Å². The van der Waals surface area contributed by atoms with Crippen molar-refractivity contribution in [3.05, 3.63) is 40.4 Å². The predicted octanol–water partition coefficient (Wildman–Crippen LogP) is 2.82. The van der Waals surface area contributed by atoms with Crippen molar-refractivity contribution in [3.63, 3.8) is 0 Å². The summed E-state index contributed by atoms with van der Waals surface area (Å²) in [6, 6.07) is 1.89. The molecule has 100 valence electrons. The van der Waals surface area contributed by atoms with E-state index < -0.39 is 0 Å². The number of carbonyl (C=O) groups excluding carboxylic acids is 1. The molecule has 2 aromatic heterocycles. The lowest BCUT2D eigenvalue weighted by molar-refractivity contribution is 0.0967. The van der Waals surface area contributed by atoms with Gasteiger partial charge in [0.2, 0.25) is 0 Å². The molecule has 1 fully saturated rings. The monoisotopic (exact) mass is 277 g/mol. The zero-order valence-electron chi connectivity index (χ0n) is 11.1. The Kier molecular flexibility index (Phi) is 2.97. The topological polar surface area (TPSA) is 39.8 Å². The Hall–Kier alpha value is -1.55. The maximum Gasteiger partial charge on any atom is 0.167 e. The summed E-state index contributed by atoms with van der Waals surface area (Å²) in [4.78, 5) is 12.0. The third-order valence-corrected chi connectivity index (χ3v) is 4.07. The molecule has 1 aliphatic rings. The maximum atomic E-state index is 12.0. The summed E-state index contributed by atoms with van der Waals surface area (Å²) in [5.41, 5.74) is 2.74. The van der Waals surface area contributed by atoms with Crippen LogP contribution in [0.3, 0.4) is 0 Å². The number of hydrogen-bond donors (Lipinski definition) is 0. The Morgan fingerprint density at radius 2 is 2.26 bits per heavy atom. The Balaban J connectivity index is 1.81. The lowest BCUT2D eigenvalue weighted by atomic mass is 10.1. The van der Waals surface area contributed by atoms with Crippen LogP contribution < -0.4 is 0 Å². The summed E-state index contributed by atoms with van der Waals surface area (Å²) in [6.07, 6.45) is 5.91. The average Bonchev–Trinajstić information content (AvgIpc) is 3.08. The lowest BCUT2D eigenvalue weighted by Gasteiger charge is -2.02. The van der Waals surface area contributed by atoms with Gasteiger partial charge in [-0.2, -0.15) is 5.10 Å². The third-order valence-electron chi connectivity index (χ3n) is 3.59. The molecule has 2 heterocycles. The fourth-order valence-electron chi connectivity index (χ4n) is 2.30. The highest BCUT2D eigenvalue weighted by Gasteiger charge is 2.30. The van der Waals surface area contributed by atoms with Crippen LogP contribution in [-0.4, -0.2) is 20.1 Å². The van der Waals surface area contributed by atoms with Crippen LogP contribution >= 0.6 is 11.6 Å². The Morgan fingerprint density at radius 1 is 1.53 bits per heavy atom. The van der Waals surface area contributed by atoms with E-state index in [2.05, 4.69) is 5.10 Å². The number of hydrogen-bond acceptors (Lipinski definition) is 2. The Bertz CT molecular complexity index is 637. The summed E-state index contributed by atoms with van der Waals surface area (Å²) in [6.45, 7) is 2.59. The van der Waals surface area contributed by atoms with Crippen molar-refractivity contribution < 1.29 is 4.79 Å². The summed E-state index contributed by atoms with van der Waals surface area (Å²) in [5.74, 6) is 0.535. The minimum absolute atomic E-state index is 0.263. The molecule has 0 atom stereocenters. The molecule has 0 unspecified atom stereocenters. The molecule has 0 N–H and O–H groups in total. The van der Waals surface area contributed by atoms with E-state index >= 15 is 0 Å². The summed E-state index contributed by atoms with van der Waals surface area (Å²) in [7, 11) is 1.83. The first-order valence-corrected chi connectivity index (χ1v) is 6.82. The van der Waals surface area contributed by atoms with Crippen LogP contribution in [0.25, 0.3) is 0 Å². The number of carbonyl (C=O) groups is 1. The van der Waals surface area contributed by atoms with Gasteiger partial charge in [0, 0.05) is 36.5 Å². The van der Waals surface area contributed by atoms with Gasteiger partial charge >= 0.3 is 0 Å². The highest BCUT2D eigenvalue weighted by atomic mass is 35.5. The first kappa shape index (κ1) is 12.5. The van der Waals surface area contributed by atoms with Crippen molar-refractivity contribution in [2.45, 2.75) is 26.3 Å². The van der Waals surface area contributed by atoms with Gasteiger partial charge in [0.25, 0.3) is 0 Å². The van der Waals surface area contributed by atoms with E-state index in [9.17, 15) is 4.79 Å². The quantitative estimate of drug-likeness (QED) is 0.806. The third kappa shape index (κ3) is 2.32. The molecule has 0 spiro atoms. The second-order valence-corrected chi connectivity index (χ2v) is 5.55. The highest BCUT2D eigenvalue weighted by molar-refractivity contribution is 6.30. The van der Waals surface area contributed by atoms with Crippen LogP contribution in [0.2, 0.25) is 5.15 Å². The molecule has 5 heteroatoms. The molecule has 19 heavy (non-hydrogen) atoms. The number of Topliss-reactive ketones (excluding diaryl/α,β-unsaturated/α-hetero) is 1. The Labute approximate surface area is 117 Å². The molecule has 0 amide bonds. The van der Waals surface area contributed by atoms with Crippen LogP contribution in [0, 0.1) is 12.8 Å².